The summed E-state index contributed by atoms with van der Waals surface area (Å²) in [4.78, 5) is 29.7. The van der Waals surface area contributed by atoms with Crippen molar-refractivity contribution in [1.82, 2.24) is 9.80 Å². The third-order valence-electron chi connectivity index (χ3n) is 5.44. The molecule has 118 valence electrons. The summed E-state index contributed by atoms with van der Waals surface area (Å²) in [5, 5.41) is 0. The molecule has 3 fully saturated rings. The molecule has 3 aliphatic heterocycles. The van der Waals surface area contributed by atoms with Crippen LogP contribution in [0.2, 0.25) is 0 Å². The fourth-order valence-electron chi connectivity index (χ4n) is 4.12. The fraction of sp³-hybridized carbons (Fsp3) is 0.875. The van der Waals surface area contributed by atoms with Crippen molar-refractivity contribution in [3.05, 3.63) is 0 Å². The largest absolute Gasteiger partial charge is 0.381 e. The summed E-state index contributed by atoms with van der Waals surface area (Å²) in [6.07, 6.45) is 5.25. The van der Waals surface area contributed by atoms with E-state index in [1.54, 1.807) is 0 Å². The molecule has 3 heterocycles. The molecule has 0 spiro atoms. The maximum atomic E-state index is 13.1. The summed E-state index contributed by atoms with van der Waals surface area (Å²) in [6, 6.07) is -0.497. The van der Waals surface area contributed by atoms with E-state index in [1.807, 2.05) is 16.7 Å². The maximum absolute atomic E-state index is 13.1. The Bertz CT molecular complexity index is 431. The van der Waals surface area contributed by atoms with Crippen molar-refractivity contribution < 1.29 is 14.3 Å². The topological polar surface area (TPSA) is 49.9 Å². The van der Waals surface area contributed by atoms with Gasteiger partial charge in [-0.05, 0) is 45.4 Å². The van der Waals surface area contributed by atoms with Gasteiger partial charge < -0.3 is 14.5 Å². The highest BCUT2D eigenvalue weighted by Crippen LogP contribution is 2.36. The van der Waals surface area contributed by atoms with E-state index in [0.29, 0.717) is 19.6 Å². The molecule has 2 amide bonds. The van der Waals surface area contributed by atoms with Crippen LogP contribution in [0.4, 0.5) is 0 Å². The van der Waals surface area contributed by atoms with Crippen LogP contribution in [0.5, 0.6) is 0 Å². The zero-order chi connectivity index (χ0) is 15.0. The summed E-state index contributed by atoms with van der Waals surface area (Å²) < 4.78 is 5.46. The Labute approximate surface area is 126 Å². The van der Waals surface area contributed by atoms with Gasteiger partial charge in [0.05, 0.1) is 0 Å². The SMILES string of the molecule is CCC1C(=O)N2CCCCC2C(=O)N1C1(C)CCOCC1. The van der Waals surface area contributed by atoms with Crippen LogP contribution in [0, 0.1) is 0 Å². The van der Waals surface area contributed by atoms with Gasteiger partial charge in [-0.2, -0.15) is 0 Å². The fourth-order valence-corrected chi connectivity index (χ4v) is 4.12. The third kappa shape index (κ3) is 2.35. The molecule has 21 heavy (non-hydrogen) atoms. The van der Waals surface area contributed by atoms with E-state index in [0.717, 1.165) is 38.6 Å². The van der Waals surface area contributed by atoms with Crippen molar-refractivity contribution in [2.24, 2.45) is 0 Å². The number of hydrogen-bond donors (Lipinski definition) is 0. The van der Waals surface area contributed by atoms with Crippen LogP contribution < -0.4 is 0 Å². The number of carbonyl (C=O) groups is 2. The average molecular weight is 294 g/mol. The van der Waals surface area contributed by atoms with Crippen LogP contribution in [-0.2, 0) is 14.3 Å². The van der Waals surface area contributed by atoms with E-state index in [9.17, 15) is 9.59 Å². The number of amides is 2. The number of piperidine rings is 1. The molecule has 2 atom stereocenters. The van der Waals surface area contributed by atoms with Gasteiger partial charge in [-0.1, -0.05) is 6.92 Å². The minimum atomic E-state index is -0.282. The lowest BCUT2D eigenvalue weighted by molar-refractivity contribution is -0.174. The molecule has 0 aromatic heterocycles. The van der Waals surface area contributed by atoms with Gasteiger partial charge in [0.1, 0.15) is 12.1 Å². The highest BCUT2D eigenvalue weighted by atomic mass is 16.5. The molecule has 0 radical (unpaired) electrons. The first-order chi connectivity index (χ1) is 10.1. The molecule has 0 N–H and O–H groups in total. The monoisotopic (exact) mass is 294 g/mol. The highest BCUT2D eigenvalue weighted by molar-refractivity contribution is 5.97. The Hall–Kier alpha value is -1.10. The molecule has 2 unspecified atom stereocenters. The van der Waals surface area contributed by atoms with Crippen molar-refractivity contribution >= 4 is 11.8 Å². The van der Waals surface area contributed by atoms with Gasteiger partial charge in [-0.25, -0.2) is 0 Å². The van der Waals surface area contributed by atoms with Gasteiger partial charge in [0, 0.05) is 25.3 Å². The lowest BCUT2D eigenvalue weighted by atomic mass is 9.84. The van der Waals surface area contributed by atoms with E-state index >= 15 is 0 Å². The molecule has 0 aromatic carbocycles. The molecule has 5 nitrogen and oxygen atoms in total. The number of carbonyl (C=O) groups excluding carboxylic acids is 2. The number of nitrogens with zero attached hydrogens (tertiary/aromatic N) is 2. The van der Waals surface area contributed by atoms with Crippen molar-refractivity contribution in [1.29, 1.82) is 0 Å². The van der Waals surface area contributed by atoms with Crippen LogP contribution in [0.3, 0.4) is 0 Å². The zero-order valence-electron chi connectivity index (χ0n) is 13.1. The van der Waals surface area contributed by atoms with Crippen molar-refractivity contribution in [3.8, 4) is 0 Å². The molecule has 0 bridgehead atoms. The average Bonchev–Trinajstić information content (AvgIpc) is 2.51. The Morgan fingerprint density at radius 3 is 2.57 bits per heavy atom. The standard InChI is InChI=1S/C16H26N2O3/c1-3-12-14(19)17-9-5-4-6-13(17)15(20)18(12)16(2)7-10-21-11-8-16/h12-13H,3-11H2,1-2H3. The first-order valence-corrected chi connectivity index (χ1v) is 8.30. The molecule has 3 aliphatic rings. The van der Waals surface area contributed by atoms with Crippen LogP contribution in [-0.4, -0.2) is 59.0 Å². The maximum Gasteiger partial charge on any atom is 0.246 e. The Kier molecular flexibility index (Phi) is 3.95. The van der Waals surface area contributed by atoms with Gasteiger partial charge in [0.2, 0.25) is 11.8 Å². The Morgan fingerprint density at radius 1 is 1.19 bits per heavy atom. The molecule has 0 aromatic rings. The van der Waals surface area contributed by atoms with Crippen molar-refractivity contribution in [2.75, 3.05) is 19.8 Å². The summed E-state index contributed by atoms with van der Waals surface area (Å²) in [7, 11) is 0. The zero-order valence-corrected chi connectivity index (χ0v) is 13.1. The van der Waals surface area contributed by atoms with E-state index in [-0.39, 0.29) is 29.4 Å². The van der Waals surface area contributed by atoms with Gasteiger partial charge in [-0.3, -0.25) is 9.59 Å². The second-order valence-corrected chi connectivity index (χ2v) is 6.78. The van der Waals surface area contributed by atoms with Crippen molar-refractivity contribution in [3.63, 3.8) is 0 Å². The van der Waals surface area contributed by atoms with Crippen LogP contribution >= 0.6 is 0 Å². The number of hydrogen-bond acceptors (Lipinski definition) is 3. The Balaban J connectivity index is 1.93. The predicted octanol–water partition coefficient (Wildman–Crippen LogP) is 1.56. The van der Waals surface area contributed by atoms with E-state index < -0.39 is 0 Å². The van der Waals surface area contributed by atoms with Crippen LogP contribution in [0.1, 0.15) is 52.4 Å². The molecule has 0 aliphatic carbocycles. The van der Waals surface area contributed by atoms with Gasteiger partial charge in [-0.15, -0.1) is 0 Å². The normalized spacial score (nSPS) is 33.0. The van der Waals surface area contributed by atoms with Gasteiger partial charge in [0.15, 0.2) is 0 Å². The van der Waals surface area contributed by atoms with Crippen molar-refractivity contribution in [2.45, 2.75) is 70.0 Å². The summed E-state index contributed by atoms with van der Waals surface area (Å²) in [6.45, 7) is 6.25. The summed E-state index contributed by atoms with van der Waals surface area (Å²) in [5.74, 6) is 0.333. The molecule has 0 saturated carbocycles. The summed E-state index contributed by atoms with van der Waals surface area (Å²) in [5.41, 5.74) is -0.227. The minimum absolute atomic E-state index is 0.162. The second kappa shape index (κ2) is 5.59. The second-order valence-electron chi connectivity index (χ2n) is 6.78. The highest BCUT2D eigenvalue weighted by Gasteiger charge is 2.51. The Morgan fingerprint density at radius 2 is 1.90 bits per heavy atom. The molecular formula is C16H26N2O3. The van der Waals surface area contributed by atoms with E-state index in [1.165, 1.54) is 0 Å². The number of rotatable bonds is 2. The number of fused-ring (bicyclic) bond motifs is 1. The lowest BCUT2D eigenvalue weighted by Gasteiger charge is -2.54. The quantitative estimate of drug-likeness (QED) is 0.776. The molecular weight excluding hydrogens is 268 g/mol. The lowest BCUT2D eigenvalue weighted by Crippen LogP contribution is -2.71. The van der Waals surface area contributed by atoms with Gasteiger partial charge >= 0.3 is 0 Å². The predicted molar refractivity (Wildman–Crippen MR) is 78.7 cm³/mol. The van der Waals surface area contributed by atoms with E-state index in [2.05, 4.69) is 6.92 Å². The third-order valence-corrected chi connectivity index (χ3v) is 5.44. The first kappa shape index (κ1) is 14.8. The first-order valence-electron chi connectivity index (χ1n) is 8.30. The summed E-state index contributed by atoms with van der Waals surface area (Å²) >= 11 is 0. The number of ether oxygens (including phenoxy) is 1. The van der Waals surface area contributed by atoms with Crippen LogP contribution in [0.25, 0.3) is 0 Å². The minimum Gasteiger partial charge on any atom is -0.381 e. The smallest absolute Gasteiger partial charge is 0.246 e. The number of piperazine rings is 1. The van der Waals surface area contributed by atoms with Crippen LogP contribution in [0.15, 0.2) is 0 Å². The molecule has 3 saturated heterocycles. The molecule has 3 rings (SSSR count). The van der Waals surface area contributed by atoms with E-state index in [4.69, 9.17) is 4.74 Å². The molecule has 5 heteroatoms. The van der Waals surface area contributed by atoms with Gasteiger partial charge in [0.25, 0.3) is 0 Å².